The molecular weight excluding hydrogens is 196 g/mol. The highest BCUT2D eigenvalue weighted by Gasteiger charge is 2.52. The van der Waals surface area contributed by atoms with Crippen molar-refractivity contribution in [1.82, 2.24) is 0 Å². The van der Waals surface area contributed by atoms with E-state index in [0.717, 1.165) is 11.8 Å². The predicted octanol–water partition coefficient (Wildman–Crippen LogP) is 3.79. The third kappa shape index (κ3) is 0.997. The molecule has 2 heterocycles. The minimum absolute atomic E-state index is 0.384. The van der Waals surface area contributed by atoms with Gasteiger partial charge in [-0.2, -0.15) is 0 Å². The quantitative estimate of drug-likeness (QED) is 0.594. The Morgan fingerprint density at radius 1 is 1.06 bits per heavy atom. The van der Waals surface area contributed by atoms with Crippen LogP contribution in [0.1, 0.15) is 43.1 Å². The first kappa shape index (κ1) is 9.00. The summed E-state index contributed by atoms with van der Waals surface area (Å²) < 4.78 is 6.20. The van der Waals surface area contributed by atoms with Crippen LogP contribution >= 0.6 is 0 Å². The molecule has 1 nitrogen and oxygen atoms in total. The summed E-state index contributed by atoms with van der Waals surface area (Å²) >= 11 is 0. The lowest BCUT2D eigenvalue weighted by Crippen LogP contribution is -2.24. The van der Waals surface area contributed by atoms with Gasteiger partial charge in [0.25, 0.3) is 0 Å². The molecule has 2 bridgehead atoms. The summed E-state index contributed by atoms with van der Waals surface area (Å²) in [5.74, 6) is 1.48. The minimum atomic E-state index is 0.384. The zero-order valence-electron chi connectivity index (χ0n) is 9.52. The van der Waals surface area contributed by atoms with Crippen molar-refractivity contribution in [2.45, 2.75) is 32.0 Å². The number of fused-ring (bicyclic) bond motifs is 8. The second-order valence-corrected chi connectivity index (χ2v) is 5.42. The molecule has 16 heavy (non-hydrogen) atoms. The third-order valence-corrected chi connectivity index (χ3v) is 4.53. The Kier molecular flexibility index (Phi) is 1.68. The fraction of sp³-hybridized carbons (Fsp3) is 0.467. The molecule has 4 atom stereocenters. The fourth-order valence-corrected chi connectivity index (χ4v) is 3.79. The average Bonchev–Trinajstić information content (AvgIpc) is 2.85. The van der Waals surface area contributed by atoms with Crippen molar-refractivity contribution in [3.05, 3.63) is 47.0 Å². The van der Waals surface area contributed by atoms with Crippen LogP contribution in [0.3, 0.4) is 0 Å². The van der Waals surface area contributed by atoms with Crippen LogP contribution in [0.2, 0.25) is 0 Å². The Morgan fingerprint density at radius 3 is 2.50 bits per heavy atom. The Labute approximate surface area is 96.1 Å². The number of hydrogen-bond acceptors (Lipinski definition) is 1. The van der Waals surface area contributed by atoms with E-state index in [1.807, 2.05) is 0 Å². The Bertz CT molecular complexity index is 474. The SMILES string of the molecule is CC1=CC[C@H]2[C@@H](C1)[C@H]1O[C@H]2c2ccccc21. The summed E-state index contributed by atoms with van der Waals surface area (Å²) in [6, 6.07) is 8.79. The van der Waals surface area contributed by atoms with Gasteiger partial charge in [0.05, 0.1) is 12.2 Å². The molecule has 1 heteroatoms. The van der Waals surface area contributed by atoms with Gasteiger partial charge in [-0.3, -0.25) is 0 Å². The molecule has 1 saturated heterocycles. The highest BCUT2D eigenvalue weighted by molar-refractivity contribution is 5.39. The lowest BCUT2D eigenvalue weighted by Gasteiger charge is -2.32. The van der Waals surface area contributed by atoms with Gasteiger partial charge in [0.15, 0.2) is 0 Å². The van der Waals surface area contributed by atoms with Crippen LogP contribution in [-0.2, 0) is 4.74 Å². The van der Waals surface area contributed by atoms with Gasteiger partial charge >= 0.3 is 0 Å². The molecule has 0 aromatic heterocycles. The predicted molar refractivity (Wildman–Crippen MR) is 63.0 cm³/mol. The van der Waals surface area contributed by atoms with Crippen molar-refractivity contribution in [3.8, 4) is 0 Å². The molecule has 4 rings (SSSR count). The third-order valence-electron chi connectivity index (χ3n) is 4.53. The molecule has 82 valence electrons. The number of benzene rings is 1. The highest BCUT2D eigenvalue weighted by atomic mass is 16.5. The topological polar surface area (TPSA) is 9.23 Å². The summed E-state index contributed by atoms with van der Waals surface area (Å²) in [6.07, 6.45) is 5.63. The first-order valence-electron chi connectivity index (χ1n) is 6.24. The number of rotatable bonds is 0. The summed E-state index contributed by atoms with van der Waals surface area (Å²) in [6.45, 7) is 2.26. The average molecular weight is 212 g/mol. The lowest BCUT2D eigenvalue weighted by atomic mass is 9.69. The van der Waals surface area contributed by atoms with Crippen molar-refractivity contribution < 1.29 is 4.74 Å². The highest BCUT2D eigenvalue weighted by Crippen LogP contribution is 2.60. The molecule has 1 fully saturated rings. The molecule has 2 aliphatic heterocycles. The van der Waals surface area contributed by atoms with E-state index in [1.165, 1.54) is 24.0 Å². The summed E-state index contributed by atoms with van der Waals surface area (Å²) in [5.41, 5.74) is 4.47. The number of allylic oxidation sites excluding steroid dienone is 2. The van der Waals surface area contributed by atoms with Crippen LogP contribution < -0.4 is 0 Å². The van der Waals surface area contributed by atoms with E-state index in [1.54, 1.807) is 5.57 Å². The van der Waals surface area contributed by atoms with Gasteiger partial charge in [-0.05, 0) is 42.7 Å². The molecular formula is C15H16O. The largest absolute Gasteiger partial charge is 0.365 e. The molecule has 0 spiro atoms. The molecule has 0 N–H and O–H groups in total. The normalized spacial score (nSPS) is 39.2. The monoisotopic (exact) mass is 212 g/mol. The van der Waals surface area contributed by atoms with Crippen molar-refractivity contribution in [2.24, 2.45) is 11.8 Å². The molecule has 3 aliphatic rings. The molecule has 0 unspecified atom stereocenters. The van der Waals surface area contributed by atoms with Gasteiger partial charge in [0.2, 0.25) is 0 Å². The maximum absolute atomic E-state index is 6.20. The van der Waals surface area contributed by atoms with Gasteiger partial charge in [-0.1, -0.05) is 35.9 Å². The van der Waals surface area contributed by atoms with Crippen LogP contribution in [-0.4, -0.2) is 0 Å². The second kappa shape index (κ2) is 2.98. The van der Waals surface area contributed by atoms with Gasteiger partial charge in [0.1, 0.15) is 0 Å². The maximum atomic E-state index is 6.20. The smallest absolute Gasteiger partial charge is 0.0872 e. The van der Waals surface area contributed by atoms with E-state index in [2.05, 4.69) is 37.3 Å². The van der Waals surface area contributed by atoms with E-state index in [0.29, 0.717) is 12.2 Å². The van der Waals surface area contributed by atoms with Gasteiger partial charge in [0, 0.05) is 0 Å². The number of hydrogen-bond donors (Lipinski definition) is 0. The van der Waals surface area contributed by atoms with Crippen LogP contribution in [0.4, 0.5) is 0 Å². The minimum Gasteiger partial charge on any atom is -0.365 e. The van der Waals surface area contributed by atoms with Crippen molar-refractivity contribution >= 4 is 0 Å². The van der Waals surface area contributed by atoms with E-state index < -0.39 is 0 Å². The van der Waals surface area contributed by atoms with E-state index >= 15 is 0 Å². The first-order valence-corrected chi connectivity index (χ1v) is 6.24. The summed E-state index contributed by atoms with van der Waals surface area (Å²) in [7, 11) is 0. The summed E-state index contributed by atoms with van der Waals surface area (Å²) in [4.78, 5) is 0. The molecule has 1 aromatic rings. The van der Waals surface area contributed by atoms with E-state index in [9.17, 15) is 0 Å². The van der Waals surface area contributed by atoms with Crippen LogP contribution in [0.25, 0.3) is 0 Å². The Hall–Kier alpha value is -1.08. The lowest BCUT2D eigenvalue weighted by molar-refractivity contribution is 0.0546. The van der Waals surface area contributed by atoms with E-state index in [4.69, 9.17) is 4.74 Å². The van der Waals surface area contributed by atoms with Gasteiger partial charge in [-0.15, -0.1) is 0 Å². The zero-order chi connectivity index (χ0) is 10.7. The fourth-order valence-electron chi connectivity index (χ4n) is 3.79. The van der Waals surface area contributed by atoms with Crippen molar-refractivity contribution in [3.63, 3.8) is 0 Å². The molecule has 0 saturated carbocycles. The molecule has 0 radical (unpaired) electrons. The Morgan fingerprint density at radius 2 is 1.75 bits per heavy atom. The van der Waals surface area contributed by atoms with Crippen molar-refractivity contribution in [2.75, 3.05) is 0 Å². The zero-order valence-corrected chi connectivity index (χ0v) is 9.52. The van der Waals surface area contributed by atoms with E-state index in [-0.39, 0.29) is 0 Å². The van der Waals surface area contributed by atoms with Gasteiger partial charge in [-0.25, -0.2) is 0 Å². The maximum Gasteiger partial charge on any atom is 0.0872 e. The standard InChI is InChI=1S/C15H16O/c1-9-6-7-12-13(8-9)15-11-5-3-2-4-10(11)14(12)16-15/h2-6,12-15H,7-8H2,1H3/t12-,13+,14-,15-/m0/s1. The molecule has 0 amide bonds. The summed E-state index contributed by atoms with van der Waals surface area (Å²) in [5, 5.41) is 0. The van der Waals surface area contributed by atoms with Gasteiger partial charge < -0.3 is 4.74 Å². The van der Waals surface area contributed by atoms with Crippen LogP contribution in [0.15, 0.2) is 35.9 Å². The molecule has 1 aromatic carbocycles. The van der Waals surface area contributed by atoms with Crippen LogP contribution in [0, 0.1) is 11.8 Å². The first-order chi connectivity index (χ1) is 7.84. The molecule has 1 aliphatic carbocycles. The van der Waals surface area contributed by atoms with Crippen LogP contribution in [0.5, 0.6) is 0 Å². The Balaban J connectivity index is 1.81. The van der Waals surface area contributed by atoms with Crippen molar-refractivity contribution in [1.29, 1.82) is 0 Å². The number of ether oxygens (including phenoxy) is 1. The second-order valence-electron chi connectivity index (χ2n) is 5.42.